The van der Waals surface area contributed by atoms with Gasteiger partial charge in [-0.05, 0) is 62.7 Å². The zero-order valence-corrected chi connectivity index (χ0v) is 17.1. The molecule has 2 rings (SSSR count). The zero-order valence-electron chi connectivity index (χ0n) is 15.5. The molecule has 0 spiro atoms. The van der Waals surface area contributed by atoms with E-state index in [1.807, 2.05) is 19.9 Å². The van der Waals surface area contributed by atoms with Crippen molar-refractivity contribution in [1.82, 2.24) is 0 Å². The summed E-state index contributed by atoms with van der Waals surface area (Å²) in [5, 5.41) is 5.84. The Kier molecular flexibility index (Phi) is 8.00. The lowest BCUT2D eigenvalue weighted by atomic mass is 10.2. The lowest BCUT2D eigenvalue weighted by molar-refractivity contribution is -0.115. The van der Waals surface area contributed by atoms with Gasteiger partial charge in [-0.3, -0.25) is 9.59 Å². The van der Waals surface area contributed by atoms with E-state index in [1.165, 1.54) is 11.8 Å². The van der Waals surface area contributed by atoms with Crippen molar-refractivity contribution < 1.29 is 14.3 Å². The first-order valence-corrected chi connectivity index (χ1v) is 10.0. The van der Waals surface area contributed by atoms with Gasteiger partial charge in [0.15, 0.2) is 0 Å². The van der Waals surface area contributed by atoms with Crippen LogP contribution in [0, 0.1) is 6.92 Å². The van der Waals surface area contributed by atoms with Crippen LogP contribution in [0.2, 0.25) is 5.02 Å². The number of thioether (sulfide) groups is 1. The number of hydrogen-bond acceptors (Lipinski definition) is 4. The fraction of sp³-hybridized carbons (Fsp3) is 0.300. The van der Waals surface area contributed by atoms with E-state index in [9.17, 15) is 9.59 Å². The van der Waals surface area contributed by atoms with Gasteiger partial charge < -0.3 is 15.4 Å². The molecule has 2 aromatic carbocycles. The van der Waals surface area contributed by atoms with Crippen LogP contribution >= 0.6 is 23.4 Å². The Morgan fingerprint density at radius 1 is 1.15 bits per heavy atom. The average Bonchev–Trinajstić information content (AvgIpc) is 2.64. The molecule has 0 saturated heterocycles. The Morgan fingerprint density at radius 2 is 1.85 bits per heavy atom. The average molecular weight is 407 g/mol. The molecule has 0 aromatic heterocycles. The lowest BCUT2D eigenvalue weighted by Gasteiger charge is -2.14. The topological polar surface area (TPSA) is 67.4 Å². The third-order valence-corrected chi connectivity index (χ3v) is 5.12. The van der Waals surface area contributed by atoms with Crippen LogP contribution < -0.4 is 15.4 Å². The quantitative estimate of drug-likeness (QED) is 0.664. The highest BCUT2D eigenvalue weighted by atomic mass is 35.5. The summed E-state index contributed by atoms with van der Waals surface area (Å²) in [4.78, 5) is 24.4. The highest BCUT2D eigenvalue weighted by Gasteiger charge is 2.16. The van der Waals surface area contributed by atoms with Gasteiger partial charge in [-0.2, -0.15) is 0 Å². The number of amides is 2. The van der Waals surface area contributed by atoms with E-state index in [0.717, 1.165) is 11.3 Å². The lowest BCUT2D eigenvalue weighted by Crippen LogP contribution is -2.25. The van der Waals surface area contributed by atoms with Gasteiger partial charge in [-0.15, -0.1) is 11.8 Å². The van der Waals surface area contributed by atoms with E-state index < -0.39 is 0 Å². The predicted octanol–water partition coefficient (Wildman–Crippen LogP) is 4.75. The van der Waals surface area contributed by atoms with Crippen LogP contribution in [0.25, 0.3) is 0 Å². The van der Waals surface area contributed by atoms with Gasteiger partial charge in [0.05, 0.1) is 17.6 Å². The molecular formula is C20H23ClN2O3S. The SMILES string of the molecule is CCOc1ccc(NC(=O)CS[C@H](C)C(=O)Nc2cc(Cl)ccc2C)cc1. The van der Waals surface area contributed by atoms with E-state index in [2.05, 4.69) is 10.6 Å². The highest BCUT2D eigenvalue weighted by Crippen LogP contribution is 2.22. The molecule has 5 nitrogen and oxygen atoms in total. The monoisotopic (exact) mass is 406 g/mol. The van der Waals surface area contributed by atoms with Crippen molar-refractivity contribution in [3.8, 4) is 5.75 Å². The standard InChI is InChI=1S/C20H23ClN2O3S/c1-4-26-17-9-7-16(8-10-17)22-19(24)12-27-14(3)20(25)23-18-11-15(21)6-5-13(18)2/h5-11,14H,4,12H2,1-3H3,(H,22,24)(H,23,25)/t14-/m1/s1. The molecule has 0 aliphatic rings. The molecule has 0 fully saturated rings. The van der Waals surface area contributed by atoms with E-state index >= 15 is 0 Å². The molecule has 27 heavy (non-hydrogen) atoms. The first kappa shape index (κ1) is 21.1. The largest absolute Gasteiger partial charge is 0.494 e. The second kappa shape index (κ2) is 10.2. The second-order valence-corrected chi connectivity index (χ2v) is 7.67. The Labute approximate surface area is 168 Å². The smallest absolute Gasteiger partial charge is 0.237 e. The van der Waals surface area contributed by atoms with Crippen LogP contribution in [0.5, 0.6) is 5.75 Å². The Hall–Kier alpha value is -2.18. The predicted molar refractivity (Wildman–Crippen MR) is 113 cm³/mol. The number of aryl methyl sites for hydroxylation is 1. The molecule has 0 aliphatic carbocycles. The first-order chi connectivity index (χ1) is 12.9. The Balaban J connectivity index is 1.81. The van der Waals surface area contributed by atoms with Gasteiger partial charge in [-0.1, -0.05) is 17.7 Å². The minimum absolute atomic E-state index is 0.164. The molecule has 2 aromatic rings. The van der Waals surface area contributed by atoms with Crippen molar-refractivity contribution in [3.63, 3.8) is 0 Å². The Bertz CT molecular complexity index is 796. The maximum absolute atomic E-state index is 12.3. The molecule has 1 atom stereocenters. The van der Waals surface area contributed by atoms with Gasteiger partial charge in [0.25, 0.3) is 0 Å². The molecule has 0 unspecified atom stereocenters. The molecule has 144 valence electrons. The van der Waals surface area contributed by atoms with E-state index in [4.69, 9.17) is 16.3 Å². The fourth-order valence-corrected chi connectivity index (χ4v) is 3.09. The number of carbonyl (C=O) groups excluding carboxylic acids is 2. The van der Waals surface area contributed by atoms with E-state index in [0.29, 0.717) is 23.0 Å². The maximum atomic E-state index is 12.3. The van der Waals surface area contributed by atoms with Crippen molar-refractivity contribution >= 4 is 46.6 Å². The summed E-state index contributed by atoms with van der Waals surface area (Å²) in [7, 11) is 0. The van der Waals surface area contributed by atoms with Crippen molar-refractivity contribution in [2.24, 2.45) is 0 Å². The zero-order chi connectivity index (χ0) is 19.8. The molecular weight excluding hydrogens is 384 g/mol. The molecule has 0 bridgehead atoms. The van der Waals surface area contributed by atoms with Gasteiger partial charge in [-0.25, -0.2) is 0 Å². The van der Waals surface area contributed by atoms with Crippen LogP contribution in [-0.2, 0) is 9.59 Å². The number of rotatable bonds is 8. The molecule has 0 heterocycles. The summed E-state index contributed by atoms with van der Waals surface area (Å²) in [6, 6.07) is 12.5. The highest BCUT2D eigenvalue weighted by molar-refractivity contribution is 8.01. The number of benzene rings is 2. The number of nitrogens with one attached hydrogen (secondary N) is 2. The summed E-state index contributed by atoms with van der Waals surface area (Å²) >= 11 is 7.24. The molecule has 0 aliphatic heterocycles. The third kappa shape index (κ3) is 6.81. The molecule has 0 saturated carbocycles. The minimum Gasteiger partial charge on any atom is -0.494 e. The third-order valence-electron chi connectivity index (χ3n) is 3.74. The van der Waals surface area contributed by atoms with Crippen LogP contribution in [0.3, 0.4) is 0 Å². The molecule has 2 amide bonds. The summed E-state index contributed by atoms with van der Waals surface area (Å²) in [5.41, 5.74) is 2.30. The van der Waals surface area contributed by atoms with Crippen molar-refractivity contribution in [2.45, 2.75) is 26.0 Å². The van der Waals surface area contributed by atoms with Crippen molar-refractivity contribution in [3.05, 3.63) is 53.1 Å². The molecule has 2 N–H and O–H groups in total. The number of hydrogen-bond donors (Lipinski definition) is 2. The summed E-state index contributed by atoms with van der Waals surface area (Å²) in [6.07, 6.45) is 0. The van der Waals surface area contributed by atoms with Crippen LogP contribution in [-0.4, -0.2) is 29.4 Å². The van der Waals surface area contributed by atoms with Crippen LogP contribution in [0.1, 0.15) is 19.4 Å². The van der Waals surface area contributed by atoms with Gasteiger partial charge >= 0.3 is 0 Å². The van der Waals surface area contributed by atoms with Crippen LogP contribution in [0.15, 0.2) is 42.5 Å². The van der Waals surface area contributed by atoms with Crippen molar-refractivity contribution in [1.29, 1.82) is 0 Å². The van der Waals surface area contributed by atoms with Gasteiger partial charge in [0.1, 0.15) is 5.75 Å². The number of anilines is 2. The van der Waals surface area contributed by atoms with Crippen molar-refractivity contribution in [2.75, 3.05) is 23.0 Å². The van der Waals surface area contributed by atoms with Gasteiger partial charge in [0.2, 0.25) is 11.8 Å². The number of halogens is 1. The number of carbonyl (C=O) groups is 2. The normalized spacial score (nSPS) is 11.6. The summed E-state index contributed by atoms with van der Waals surface area (Å²) in [6.45, 7) is 6.17. The molecule has 0 radical (unpaired) electrons. The van der Waals surface area contributed by atoms with Gasteiger partial charge in [0, 0.05) is 16.4 Å². The summed E-state index contributed by atoms with van der Waals surface area (Å²) < 4.78 is 5.37. The number of ether oxygens (including phenoxy) is 1. The fourth-order valence-electron chi connectivity index (χ4n) is 2.24. The Morgan fingerprint density at radius 3 is 2.52 bits per heavy atom. The van der Waals surface area contributed by atoms with E-state index in [-0.39, 0.29) is 22.8 Å². The second-order valence-electron chi connectivity index (χ2n) is 5.91. The first-order valence-electron chi connectivity index (χ1n) is 8.60. The molecule has 7 heteroatoms. The van der Waals surface area contributed by atoms with E-state index in [1.54, 1.807) is 43.3 Å². The maximum Gasteiger partial charge on any atom is 0.237 e. The summed E-state index contributed by atoms with van der Waals surface area (Å²) in [5.74, 6) is 0.601. The van der Waals surface area contributed by atoms with Crippen LogP contribution in [0.4, 0.5) is 11.4 Å². The minimum atomic E-state index is -0.380.